The zero-order chi connectivity index (χ0) is 15.0. The van der Waals surface area contributed by atoms with Crippen molar-refractivity contribution in [3.8, 4) is 0 Å². The average molecular weight is 298 g/mol. The van der Waals surface area contributed by atoms with Crippen molar-refractivity contribution in [2.45, 2.75) is 32.2 Å². The molecule has 108 valence electrons. The SMILES string of the molecule is Cc1nnc(NC2CC2c2ccccc2)c(C(N)=S)c1C. The molecule has 1 aliphatic carbocycles. The van der Waals surface area contributed by atoms with Crippen LogP contribution >= 0.6 is 12.2 Å². The molecule has 1 aromatic carbocycles. The Morgan fingerprint density at radius 2 is 1.95 bits per heavy atom. The lowest BCUT2D eigenvalue weighted by Crippen LogP contribution is -2.19. The Morgan fingerprint density at radius 3 is 2.62 bits per heavy atom. The van der Waals surface area contributed by atoms with E-state index < -0.39 is 0 Å². The van der Waals surface area contributed by atoms with Crippen LogP contribution in [-0.4, -0.2) is 21.2 Å². The summed E-state index contributed by atoms with van der Waals surface area (Å²) in [4.78, 5) is 0.366. The van der Waals surface area contributed by atoms with E-state index in [9.17, 15) is 0 Å². The summed E-state index contributed by atoms with van der Waals surface area (Å²) in [5.74, 6) is 1.22. The fourth-order valence-electron chi connectivity index (χ4n) is 2.61. The monoisotopic (exact) mass is 298 g/mol. The molecule has 1 fully saturated rings. The zero-order valence-electron chi connectivity index (χ0n) is 12.1. The second-order valence-electron chi connectivity index (χ2n) is 5.50. The van der Waals surface area contributed by atoms with Crippen molar-refractivity contribution in [1.82, 2.24) is 10.2 Å². The first-order chi connectivity index (χ1) is 10.1. The first-order valence-corrected chi connectivity index (χ1v) is 7.44. The van der Waals surface area contributed by atoms with Gasteiger partial charge < -0.3 is 11.1 Å². The molecular formula is C16H18N4S. The molecule has 21 heavy (non-hydrogen) atoms. The summed E-state index contributed by atoms with van der Waals surface area (Å²) >= 11 is 5.16. The van der Waals surface area contributed by atoms with Gasteiger partial charge in [-0.05, 0) is 31.4 Å². The van der Waals surface area contributed by atoms with Crippen LogP contribution in [0.5, 0.6) is 0 Å². The van der Waals surface area contributed by atoms with Gasteiger partial charge in [-0.2, -0.15) is 5.10 Å². The molecule has 2 unspecified atom stereocenters. The highest BCUT2D eigenvalue weighted by molar-refractivity contribution is 7.80. The molecule has 4 nitrogen and oxygen atoms in total. The number of hydrogen-bond donors (Lipinski definition) is 2. The molecule has 1 aromatic heterocycles. The standard InChI is InChI=1S/C16H18N4S/c1-9-10(2)19-20-16(14(9)15(17)21)18-13-8-12(13)11-6-4-3-5-7-11/h3-7,12-13H,8H2,1-2H3,(H2,17,21)(H,18,20). The van der Waals surface area contributed by atoms with Gasteiger partial charge in [-0.1, -0.05) is 42.5 Å². The van der Waals surface area contributed by atoms with Gasteiger partial charge in [0.25, 0.3) is 0 Å². The van der Waals surface area contributed by atoms with Crippen molar-refractivity contribution in [2.75, 3.05) is 5.32 Å². The van der Waals surface area contributed by atoms with E-state index in [1.165, 1.54) is 5.56 Å². The van der Waals surface area contributed by atoms with Gasteiger partial charge in [-0.15, -0.1) is 5.10 Å². The Hall–Kier alpha value is -2.01. The largest absolute Gasteiger partial charge is 0.389 e. The molecule has 0 amide bonds. The topological polar surface area (TPSA) is 63.8 Å². The van der Waals surface area contributed by atoms with Crippen LogP contribution in [0.1, 0.15) is 34.7 Å². The number of aryl methyl sites for hydroxylation is 1. The van der Waals surface area contributed by atoms with Gasteiger partial charge in [-0.25, -0.2) is 0 Å². The second kappa shape index (κ2) is 5.41. The van der Waals surface area contributed by atoms with Crippen LogP contribution in [0.15, 0.2) is 30.3 Å². The van der Waals surface area contributed by atoms with Gasteiger partial charge in [0.05, 0.1) is 11.3 Å². The van der Waals surface area contributed by atoms with E-state index in [1.54, 1.807) is 0 Å². The molecule has 2 aromatic rings. The predicted molar refractivity (Wildman–Crippen MR) is 88.6 cm³/mol. The van der Waals surface area contributed by atoms with Crippen LogP contribution in [0.4, 0.5) is 5.82 Å². The third-order valence-electron chi connectivity index (χ3n) is 4.04. The molecule has 0 radical (unpaired) electrons. The summed E-state index contributed by atoms with van der Waals surface area (Å²) in [6.07, 6.45) is 1.09. The molecule has 5 heteroatoms. The zero-order valence-corrected chi connectivity index (χ0v) is 12.9. The first kappa shape index (κ1) is 13.9. The molecule has 0 bridgehead atoms. The first-order valence-electron chi connectivity index (χ1n) is 7.03. The summed E-state index contributed by atoms with van der Waals surface area (Å²) in [5.41, 5.74) is 9.87. The maximum atomic E-state index is 5.85. The van der Waals surface area contributed by atoms with Crippen LogP contribution in [0.2, 0.25) is 0 Å². The maximum absolute atomic E-state index is 5.85. The van der Waals surface area contributed by atoms with Gasteiger partial charge in [0, 0.05) is 12.0 Å². The van der Waals surface area contributed by atoms with Crippen LogP contribution in [0, 0.1) is 13.8 Å². The number of thiocarbonyl (C=S) groups is 1. The minimum atomic E-state index is 0.366. The van der Waals surface area contributed by atoms with Gasteiger partial charge in [0.1, 0.15) is 4.99 Å². The molecule has 1 heterocycles. The minimum absolute atomic E-state index is 0.366. The molecule has 0 spiro atoms. The fourth-order valence-corrected chi connectivity index (χ4v) is 2.86. The van der Waals surface area contributed by atoms with Crippen molar-refractivity contribution in [2.24, 2.45) is 5.73 Å². The molecule has 0 aliphatic heterocycles. The molecule has 3 N–H and O–H groups in total. The maximum Gasteiger partial charge on any atom is 0.159 e. The lowest BCUT2D eigenvalue weighted by Gasteiger charge is -2.13. The van der Waals surface area contributed by atoms with Crippen LogP contribution in [0.25, 0.3) is 0 Å². The quantitative estimate of drug-likeness (QED) is 0.850. The number of nitrogens with two attached hydrogens (primary N) is 1. The highest BCUT2D eigenvalue weighted by atomic mass is 32.1. The van der Waals surface area contributed by atoms with Gasteiger partial charge in [0.2, 0.25) is 0 Å². The average Bonchev–Trinajstić information content (AvgIpc) is 3.23. The number of nitrogens with zero attached hydrogens (tertiary/aromatic N) is 2. The number of hydrogen-bond acceptors (Lipinski definition) is 4. The summed E-state index contributed by atoms with van der Waals surface area (Å²) in [6, 6.07) is 10.9. The van der Waals surface area contributed by atoms with Crippen LogP contribution in [0.3, 0.4) is 0 Å². The molecule has 0 saturated heterocycles. The van der Waals surface area contributed by atoms with E-state index in [0.717, 1.165) is 23.2 Å². The van der Waals surface area contributed by atoms with Crippen molar-refractivity contribution < 1.29 is 0 Å². The van der Waals surface area contributed by atoms with Gasteiger partial charge >= 0.3 is 0 Å². The third kappa shape index (κ3) is 2.74. The number of benzene rings is 1. The summed E-state index contributed by atoms with van der Waals surface area (Å²) < 4.78 is 0. The van der Waals surface area contributed by atoms with E-state index >= 15 is 0 Å². The highest BCUT2D eigenvalue weighted by Crippen LogP contribution is 2.42. The Bertz CT molecular complexity index is 684. The van der Waals surface area contributed by atoms with Gasteiger partial charge in [-0.3, -0.25) is 0 Å². The van der Waals surface area contributed by atoms with Crippen molar-refractivity contribution >= 4 is 23.0 Å². The molecular weight excluding hydrogens is 280 g/mol. The van der Waals surface area contributed by atoms with Crippen LogP contribution < -0.4 is 11.1 Å². The minimum Gasteiger partial charge on any atom is -0.389 e. The predicted octanol–water partition coefficient (Wildman–Crippen LogP) is 2.70. The van der Waals surface area contributed by atoms with Crippen LogP contribution in [-0.2, 0) is 0 Å². The fraction of sp³-hybridized carbons (Fsp3) is 0.312. The Balaban J connectivity index is 1.81. The van der Waals surface area contributed by atoms with E-state index in [2.05, 4.69) is 39.8 Å². The molecule has 3 rings (SSSR count). The molecule has 1 aliphatic rings. The number of nitrogens with one attached hydrogen (secondary N) is 1. The molecule has 2 atom stereocenters. The summed E-state index contributed by atoms with van der Waals surface area (Å²) in [5, 5.41) is 11.9. The van der Waals surface area contributed by atoms with Crippen molar-refractivity contribution in [3.05, 3.63) is 52.7 Å². The van der Waals surface area contributed by atoms with E-state index in [4.69, 9.17) is 18.0 Å². The highest BCUT2D eigenvalue weighted by Gasteiger charge is 2.39. The van der Waals surface area contributed by atoms with Crippen molar-refractivity contribution in [3.63, 3.8) is 0 Å². The Labute approximate surface area is 129 Å². The smallest absolute Gasteiger partial charge is 0.159 e. The van der Waals surface area contributed by atoms with Crippen molar-refractivity contribution in [1.29, 1.82) is 0 Å². The number of anilines is 1. The third-order valence-corrected chi connectivity index (χ3v) is 4.25. The van der Waals surface area contributed by atoms with E-state index in [-0.39, 0.29) is 0 Å². The lowest BCUT2D eigenvalue weighted by atomic mass is 10.1. The summed E-state index contributed by atoms with van der Waals surface area (Å²) in [6.45, 7) is 3.89. The second-order valence-corrected chi connectivity index (χ2v) is 5.94. The normalized spacial score (nSPS) is 20.1. The molecule has 1 saturated carbocycles. The Kier molecular flexibility index (Phi) is 3.59. The number of aromatic nitrogens is 2. The summed E-state index contributed by atoms with van der Waals surface area (Å²) in [7, 11) is 0. The lowest BCUT2D eigenvalue weighted by molar-refractivity contribution is 0.933. The van der Waals surface area contributed by atoms with Gasteiger partial charge in [0.15, 0.2) is 5.82 Å². The number of rotatable bonds is 4. The van der Waals surface area contributed by atoms with E-state index in [0.29, 0.717) is 22.8 Å². The Morgan fingerprint density at radius 1 is 1.24 bits per heavy atom. The van der Waals surface area contributed by atoms with E-state index in [1.807, 2.05) is 19.9 Å².